The van der Waals surface area contributed by atoms with Crippen molar-refractivity contribution in [3.63, 3.8) is 0 Å². The predicted octanol–water partition coefficient (Wildman–Crippen LogP) is 10.3. The second-order valence-electron chi connectivity index (χ2n) is 14.3. The molecule has 0 bridgehead atoms. The molecule has 53 heavy (non-hydrogen) atoms. The molecule has 0 saturated carbocycles. The molecule has 0 amide bonds. The van der Waals surface area contributed by atoms with Crippen molar-refractivity contribution in [1.82, 2.24) is 14.0 Å². The van der Waals surface area contributed by atoms with E-state index in [4.69, 9.17) is 13.2 Å². The lowest BCUT2D eigenvalue weighted by Gasteiger charge is -2.36. The first-order valence-electron chi connectivity index (χ1n) is 20.9. The van der Waals surface area contributed by atoms with Gasteiger partial charge >= 0.3 is 0 Å². The van der Waals surface area contributed by atoms with E-state index in [0.29, 0.717) is 11.1 Å². The van der Waals surface area contributed by atoms with Crippen molar-refractivity contribution < 1.29 is 8.22 Å². The van der Waals surface area contributed by atoms with Crippen LogP contribution in [0, 0.1) is 6.85 Å². The summed E-state index contributed by atoms with van der Waals surface area (Å²) < 4.78 is 57.2. The van der Waals surface area contributed by atoms with Gasteiger partial charge in [0.1, 0.15) is 8.07 Å². The van der Waals surface area contributed by atoms with Gasteiger partial charge in [-0.2, -0.15) is 0 Å². The fraction of sp³-hybridized carbons (Fsp3) is 0.104. The van der Waals surface area contributed by atoms with Gasteiger partial charge in [0, 0.05) is 29.1 Å². The summed E-state index contributed by atoms with van der Waals surface area (Å²) in [7, 11) is -2.91. The molecule has 2 unspecified atom stereocenters. The molecule has 0 saturated heterocycles. The molecule has 9 aromatic rings. The Balaban J connectivity index is 1.21. The van der Waals surface area contributed by atoms with E-state index < -0.39 is 27.2 Å². The molecule has 0 spiro atoms. The van der Waals surface area contributed by atoms with Crippen LogP contribution in [0.15, 0.2) is 174 Å². The Bertz CT molecular complexity index is 3120. The van der Waals surface area contributed by atoms with Gasteiger partial charge in [-0.3, -0.25) is 8.97 Å². The third-order valence-electron chi connectivity index (χ3n) is 11.2. The zero-order chi connectivity index (χ0) is 40.9. The third-order valence-corrected chi connectivity index (χ3v) is 16.9. The molecule has 3 heterocycles. The van der Waals surface area contributed by atoms with E-state index in [9.17, 15) is 0 Å². The van der Waals surface area contributed by atoms with Crippen molar-refractivity contribution in [3.05, 3.63) is 180 Å². The topological polar surface area (TPSA) is 22.2 Å². The van der Waals surface area contributed by atoms with Crippen molar-refractivity contribution in [3.8, 4) is 16.8 Å². The molecule has 0 fully saturated rings. The van der Waals surface area contributed by atoms with E-state index >= 15 is 0 Å². The van der Waals surface area contributed by atoms with E-state index in [1.165, 1.54) is 16.9 Å². The van der Waals surface area contributed by atoms with Crippen molar-refractivity contribution in [2.24, 2.45) is 0 Å². The molecule has 7 aromatic carbocycles. The summed E-state index contributed by atoms with van der Waals surface area (Å²) in [5.74, 6) is 0.828. The number of imidazole rings is 2. The maximum Gasteiger partial charge on any atom is 0.220 e. The van der Waals surface area contributed by atoms with Crippen LogP contribution < -0.4 is 15.6 Å². The summed E-state index contributed by atoms with van der Waals surface area (Å²) in [6.45, 7) is -0.668. The Morgan fingerprint density at radius 1 is 0.623 bits per heavy atom. The highest BCUT2D eigenvalue weighted by molar-refractivity contribution is 7.99. The Kier molecular flexibility index (Phi) is 5.91. The third kappa shape index (κ3) is 4.77. The molecule has 256 valence electrons. The number of hydrogen-bond donors (Lipinski definition) is 0. The minimum absolute atomic E-state index is 0.232. The first-order chi connectivity index (χ1) is 28.3. The summed E-state index contributed by atoms with van der Waals surface area (Å²) >= 11 is 1.52. The molecule has 0 N–H and O–H groups in total. The fourth-order valence-corrected chi connectivity index (χ4v) is 13.4. The minimum atomic E-state index is -2.91. The summed E-state index contributed by atoms with van der Waals surface area (Å²) in [6.07, 6.45) is 0. The van der Waals surface area contributed by atoms with Crippen LogP contribution in [0.2, 0.25) is 6.55 Å². The second-order valence-corrected chi connectivity index (χ2v) is 19.3. The highest BCUT2D eigenvalue weighted by Crippen LogP contribution is 2.52. The van der Waals surface area contributed by atoms with Gasteiger partial charge in [0.15, 0.2) is 0 Å². The number of hydrogen-bond acceptors (Lipinski definition) is 2. The Hall–Kier alpha value is -5.62. The smallest absolute Gasteiger partial charge is 0.220 e. The second kappa shape index (κ2) is 12.0. The SMILES string of the molecule is [2H]C([2H])([2H])c1ccc([Si](C)(c2ccccc2)c2cccc(-n3c4ccccc4n4c5ccccc5nc34)c2)cc1-c1cccc2c1Sc1ccccc1C2(C)C([2H])([2H])[2H]. The molecular formula is C48H39N3SSi. The van der Waals surface area contributed by atoms with Gasteiger partial charge in [-0.05, 0) is 92.7 Å². The zero-order valence-electron chi connectivity index (χ0n) is 35.3. The van der Waals surface area contributed by atoms with Gasteiger partial charge in [-0.1, -0.05) is 153 Å². The summed E-state index contributed by atoms with van der Waals surface area (Å²) in [5.41, 5.74) is 6.72. The maximum atomic E-state index is 8.83. The molecule has 3 nitrogen and oxygen atoms in total. The Morgan fingerprint density at radius 2 is 1.32 bits per heavy atom. The van der Waals surface area contributed by atoms with Crippen molar-refractivity contribution >= 4 is 63.2 Å². The summed E-state index contributed by atoms with van der Waals surface area (Å²) in [5, 5.41) is 3.36. The van der Waals surface area contributed by atoms with Gasteiger partial charge in [-0.25, -0.2) is 4.98 Å². The molecular weight excluding hydrogens is 679 g/mol. The number of para-hydroxylation sites is 4. The van der Waals surface area contributed by atoms with E-state index in [0.717, 1.165) is 64.8 Å². The number of aryl methyl sites for hydroxylation is 1. The number of fused-ring (bicyclic) bond motifs is 7. The van der Waals surface area contributed by atoms with Crippen LogP contribution in [-0.4, -0.2) is 22.0 Å². The molecule has 2 atom stereocenters. The number of nitrogens with zero attached hydrogens (tertiary/aromatic N) is 3. The first kappa shape index (κ1) is 26.2. The van der Waals surface area contributed by atoms with E-state index in [-0.39, 0.29) is 5.56 Å². The monoisotopic (exact) mass is 723 g/mol. The maximum absolute atomic E-state index is 8.83. The van der Waals surface area contributed by atoms with Crippen LogP contribution in [0.1, 0.15) is 38.7 Å². The number of benzene rings is 7. The van der Waals surface area contributed by atoms with E-state index in [1.54, 1.807) is 13.0 Å². The van der Waals surface area contributed by atoms with Crippen LogP contribution in [-0.2, 0) is 5.41 Å². The first-order valence-corrected chi connectivity index (χ1v) is 21.2. The number of aromatic nitrogens is 3. The molecule has 5 heteroatoms. The molecule has 1 aliphatic heterocycles. The van der Waals surface area contributed by atoms with E-state index in [1.807, 2.05) is 72.8 Å². The largest absolute Gasteiger partial charge is 0.278 e. The van der Waals surface area contributed by atoms with Crippen molar-refractivity contribution in [1.29, 1.82) is 0 Å². The molecule has 2 aromatic heterocycles. The van der Waals surface area contributed by atoms with Gasteiger partial charge in [0.2, 0.25) is 5.78 Å². The molecule has 1 aliphatic rings. The normalized spacial score (nSPS) is 18.6. The molecule has 0 radical (unpaired) electrons. The number of rotatable bonds is 5. The minimum Gasteiger partial charge on any atom is -0.278 e. The molecule has 10 rings (SSSR count). The lowest BCUT2D eigenvalue weighted by Crippen LogP contribution is -2.64. The van der Waals surface area contributed by atoms with Crippen LogP contribution in [0.3, 0.4) is 0 Å². The Labute approximate surface area is 324 Å². The fourth-order valence-electron chi connectivity index (χ4n) is 8.39. The van der Waals surface area contributed by atoms with Crippen LogP contribution >= 0.6 is 11.8 Å². The standard InChI is InChI=1S/C48H39N3SSi/c1-32-28-29-36(31-38(32)37-20-15-22-40-46(37)52-45-27-13-8-21-39(45)48(40,2)3)53(4,34-17-6-5-7-18-34)35-19-14-16-33(30-35)50-43-25-11-12-26-44(43)51-42-24-10-9-23-41(42)49-47(50)51/h5-31H,1-4H3/i1D3,2D3. The van der Waals surface area contributed by atoms with Gasteiger partial charge in [0.05, 0.1) is 22.1 Å². The lowest BCUT2D eigenvalue weighted by molar-refractivity contribution is 0.608. The highest BCUT2D eigenvalue weighted by atomic mass is 32.2. The summed E-state index contributed by atoms with van der Waals surface area (Å²) in [4.78, 5) is 6.76. The van der Waals surface area contributed by atoms with Gasteiger partial charge in [0.25, 0.3) is 0 Å². The zero-order valence-corrected chi connectivity index (χ0v) is 31.2. The summed E-state index contributed by atoms with van der Waals surface area (Å²) in [6, 6.07) is 55.1. The van der Waals surface area contributed by atoms with E-state index in [2.05, 4.69) is 100 Å². The van der Waals surface area contributed by atoms with Crippen LogP contribution in [0.4, 0.5) is 0 Å². The quantitative estimate of drug-likeness (QED) is 0.130. The van der Waals surface area contributed by atoms with Gasteiger partial charge in [-0.15, -0.1) is 0 Å². The average Bonchev–Trinajstić information content (AvgIpc) is 3.77. The van der Waals surface area contributed by atoms with Gasteiger partial charge < -0.3 is 0 Å². The molecule has 0 aliphatic carbocycles. The van der Waals surface area contributed by atoms with Crippen LogP contribution in [0.5, 0.6) is 0 Å². The predicted molar refractivity (Wildman–Crippen MR) is 226 cm³/mol. The lowest BCUT2D eigenvalue weighted by atomic mass is 9.76. The average molecular weight is 724 g/mol. The highest BCUT2D eigenvalue weighted by Gasteiger charge is 2.37. The Morgan fingerprint density at radius 3 is 2.17 bits per heavy atom. The van der Waals surface area contributed by atoms with Crippen molar-refractivity contribution in [2.45, 2.75) is 42.4 Å². The van der Waals surface area contributed by atoms with Crippen LogP contribution in [0.25, 0.3) is 44.7 Å². The van der Waals surface area contributed by atoms with Crippen molar-refractivity contribution in [2.75, 3.05) is 0 Å².